The first-order valence-corrected chi connectivity index (χ1v) is 6.22. The number of hydrogen-bond acceptors (Lipinski definition) is 2. The van der Waals surface area contributed by atoms with Gasteiger partial charge in [0.2, 0.25) is 0 Å². The van der Waals surface area contributed by atoms with Gasteiger partial charge in [-0.25, -0.2) is 0 Å². The number of rotatable bonds is 1. The summed E-state index contributed by atoms with van der Waals surface area (Å²) >= 11 is 3.50. The monoisotopic (exact) mass is 268 g/mol. The predicted molar refractivity (Wildman–Crippen MR) is 68.1 cm³/mol. The second-order valence-corrected chi connectivity index (χ2v) is 5.27. The van der Waals surface area contributed by atoms with Crippen LogP contribution in [-0.2, 0) is 0 Å². The second-order valence-electron chi connectivity index (χ2n) is 4.36. The molecule has 0 bridgehead atoms. The standard InChI is InChI=1S/C12H17BrN2/c1-9-8-15(6-5-12(9)14)11-4-2-3-10(13)7-11/h2-4,7,9,12H,5-6,8,14H2,1H3. The Balaban J connectivity index is 2.12. The molecule has 0 spiro atoms. The topological polar surface area (TPSA) is 29.3 Å². The third-order valence-electron chi connectivity index (χ3n) is 3.14. The predicted octanol–water partition coefficient (Wildman–Crippen LogP) is 2.62. The summed E-state index contributed by atoms with van der Waals surface area (Å²) in [5.41, 5.74) is 7.31. The fraction of sp³-hybridized carbons (Fsp3) is 0.500. The van der Waals surface area contributed by atoms with E-state index in [0.717, 1.165) is 24.0 Å². The lowest BCUT2D eigenvalue weighted by molar-refractivity contribution is 0.383. The van der Waals surface area contributed by atoms with Crippen LogP contribution in [0.3, 0.4) is 0 Å². The van der Waals surface area contributed by atoms with Crippen molar-refractivity contribution in [3.05, 3.63) is 28.7 Å². The molecule has 0 aromatic heterocycles. The molecule has 1 aliphatic rings. The maximum atomic E-state index is 6.01. The molecule has 0 amide bonds. The van der Waals surface area contributed by atoms with E-state index in [9.17, 15) is 0 Å². The molecule has 82 valence electrons. The van der Waals surface area contributed by atoms with Gasteiger partial charge in [0.15, 0.2) is 0 Å². The van der Waals surface area contributed by atoms with E-state index in [1.54, 1.807) is 0 Å². The van der Waals surface area contributed by atoms with Gasteiger partial charge in [-0.15, -0.1) is 0 Å². The van der Waals surface area contributed by atoms with Crippen molar-refractivity contribution in [1.82, 2.24) is 0 Å². The number of nitrogens with zero attached hydrogens (tertiary/aromatic N) is 1. The fourth-order valence-electron chi connectivity index (χ4n) is 2.07. The molecule has 1 fully saturated rings. The van der Waals surface area contributed by atoms with Crippen LogP contribution in [0.2, 0.25) is 0 Å². The van der Waals surface area contributed by atoms with E-state index in [-0.39, 0.29) is 0 Å². The Morgan fingerprint density at radius 1 is 1.47 bits per heavy atom. The number of anilines is 1. The van der Waals surface area contributed by atoms with Crippen molar-refractivity contribution in [1.29, 1.82) is 0 Å². The highest BCUT2D eigenvalue weighted by molar-refractivity contribution is 9.10. The molecule has 15 heavy (non-hydrogen) atoms. The smallest absolute Gasteiger partial charge is 0.0377 e. The van der Waals surface area contributed by atoms with E-state index in [1.165, 1.54) is 5.69 Å². The van der Waals surface area contributed by atoms with Crippen molar-refractivity contribution in [3.8, 4) is 0 Å². The second kappa shape index (κ2) is 4.54. The third-order valence-corrected chi connectivity index (χ3v) is 3.64. The summed E-state index contributed by atoms with van der Waals surface area (Å²) in [6.07, 6.45) is 1.09. The van der Waals surface area contributed by atoms with Crippen molar-refractivity contribution in [3.63, 3.8) is 0 Å². The summed E-state index contributed by atoms with van der Waals surface area (Å²) in [5, 5.41) is 0. The molecule has 2 nitrogen and oxygen atoms in total. The summed E-state index contributed by atoms with van der Waals surface area (Å²) < 4.78 is 1.14. The van der Waals surface area contributed by atoms with Crippen LogP contribution in [0.4, 0.5) is 5.69 Å². The SMILES string of the molecule is CC1CN(c2cccc(Br)c2)CCC1N. The summed E-state index contributed by atoms with van der Waals surface area (Å²) in [5.74, 6) is 0.581. The highest BCUT2D eigenvalue weighted by Crippen LogP contribution is 2.24. The van der Waals surface area contributed by atoms with Crippen molar-refractivity contribution >= 4 is 21.6 Å². The minimum absolute atomic E-state index is 0.369. The highest BCUT2D eigenvalue weighted by atomic mass is 79.9. The van der Waals surface area contributed by atoms with Crippen LogP contribution in [-0.4, -0.2) is 19.1 Å². The van der Waals surface area contributed by atoms with Crippen LogP contribution < -0.4 is 10.6 Å². The van der Waals surface area contributed by atoms with Gasteiger partial charge in [0.25, 0.3) is 0 Å². The maximum Gasteiger partial charge on any atom is 0.0377 e. The van der Waals surface area contributed by atoms with Gasteiger partial charge < -0.3 is 10.6 Å². The molecule has 2 unspecified atom stereocenters. The fourth-order valence-corrected chi connectivity index (χ4v) is 2.46. The summed E-state index contributed by atoms with van der Waals surface area (Å²) in [6.45, 7) is 4.37. The van der Waals surface area contributed by atoms with E-state index in [2.05, 4.69) is 52.0 Å². The molecular weight excluding hydrogens is 252 g/mol. The van der Waals surface area contributed by atoms with Gasteiger partial charge in [-0.3, -0.25) is 0 Å². The minimum atomic E-state index is 0.369. The normalized spacial score (nSPS) is 26.7. The molecule has 1 aromatic carbocycles. The van der Waals surface area contributed by atoms with Gasteiger partial charge >= 0.3 is 0 Å². The van der Waals surface area contributed by atoms with Crippen LogP contribution in [0, 0.1) is 5.92 Å². The molecule has 3 heteroatoms. The maximum absolute atomic E-state index is 6.01. The molecule has 2 atom stereocenters. The van der Waals surface area contributed by atoms with Gasteiger partial charge in [-0.05, 0) is 30.5 Å². The lowest BCUT2D eigenvalue weighted by atomic mass is 9.94. The Kier molecular flexibility index (Phi) is 3.32. The molecule has 1 aromatic rings. The van der Waals surface area contributed by atoms with Crippen LogP contribution in [0.5, 0.6) is 0 Å². The molecule has 0 saturated carbocycles. The van der Waals surface area contributed by atoms with Crippen LogP contribution in [0.15, 0.2) is 28.7 Å². The number of nitrogens with two attached hydrogens (primary N) is 1. The zero-order chi connectivity index (χ0) is 10.8. The zero-order valence-corrected chi connectivity index (χ0v) is 10.6. The quantitative estimate of drug-likeness (QED) is 0.849. The Hall–Kier alpha value is -0.540. The Labute approximate surface area is 99.6 Å². The zero-order valence-electron chi connectivity index (χ0n) is 8.99. The Morgan fingerprint density at radius 2 is 2.27 bits per heavy atom. The first kappa shape index (κ1) is 11.0. The molecule has 0 radical (unpaired) electrons. The van der Waals surface area contributed by atoms with E-state index in [4.69, 9.17) is 5.73 Å². The van der Waals surface area contributed by atoms with E-state index >= 15 is 0 Å². The first-order chi connectivity index (χ1) is 7.16. The summed E-state index contributed by atoms with van der Waals surface area (Å²) in [6, 6.07) is 8.84. The largest absolute Gasteiger partial charge is 0.371 e. The summed E-state index contributed by atoms with van der Waals surface area (Å²) in [4.78, 5) is 2.42. The van der Waals surface area contributed by atoms with Crippen molar-refractivity contribution in [2.75, 3.05) is 18.0 Å². The van der Waals surface area contributed by atoms with E-state index in [1.807, 2.05) is 0 Å². The van der Waals surface area contributed by atoms with Crippen LogP contribution >= 0.6 is 15.9 Å². The molecule has 2 rings (SSSR count). The molecule has 1 heterocycles. The Morgan fingerprint density at radius 3 is 2.93 bits per heavy atom. The molecule has 1 saturated heterocycles. The van der Waals surface area contributed by atoms with E-state index in [0.29, 0.717) is 12.0 Å². The van der Waals surface area contributed by atoms with Gasteiger partial charge in [0, 0.05) is 29.3 Å². The van der Waals surface area contributed by atoms with Crippen molar-refractivity contribution in [2.45, 2.75) is 19.4 Å². The molecule has 0 aliphatic carbocycles. The average Bonchev–Trinajstić information content (AvgIpc) is 2.22. The highest BCUT2D eigenvalue weighted by Gasteiger charge is 2.23. The van der Waals surface area contributed by atoms with Crippen molar-refractivity contribution in [2.24, 2.45) is 11.7 Å². The first-order valence-electron chi connectivity index (χ1n) is 5.43. The average molecular weight is 269 g/mol. The van der Waals surface area contributed by atoms with Crippen LogP contribution in [0.1, 0.15) is 13.3 Å². The minimum Gasteiger partial charge on any atom is -0.371 e. The number of benzene rings is 1. The lowest BCUT2D eigenvalue weighted by Crippen LogP contribution is -2.45. The third kappa shape index (κ3) is 2.52. The Bertz CT molecular complexity index is 340. The molecular formula is C12H17BrN2. The molecule has 2 N–H and O–H groups in total. The molecule has 1 aliphatic heterocycles. The lowest BCUT2D eigenvalue weighted by Gasteiger charge is -2.36. The van der Waals surface area contributed by atoms with Crippen molar-refractivity contribution < 1.29 is 0 Å². The van der Waals surface area contributed by atoms with E-state index < -0.39 is 0 Å². The summed E-state index contributed by atoms with van der Waals surface area (Å²) in [7, 11) is 0. The van der Waals surface area contributed by atoms with Gasteiger partial charge in [-0.1, -0.05) is 28.9 Å². The number of hydrogen-bond donors (Lipinski definition) is 1. The number of halogens is 1. The van der Waals surface area contributed by atoms with Crippen LogP contribution in [0.25, 0.3) is 0 Å². The number of piperidine rings is 1. The van der Waals surface area contributed by atoms with Gasteiger partial charge in [-0.2, -0.15) is 0 Å². The van der Waals surface area contributed by atoms with Gasteiger partial charge in [0.05, 0.1) is 0 Å². The van der Waals surface area contributed by atoms with Gasteiger partial charge in [0.1, 0.15) is 0 Å².